The van der Waals surface area contributed by atoms with Crippen LogP contribution >= 0.6 is 0 Å². The summed E-state index contributed by atoms with van der Waals surface area (Å²) in [6.07, 6.45) is 7.57. The molecule has 0 unspecified atom stereocenters. The molecule has 11 heteroatoms. The molecule has 33 heavy (non-hydrogen) atoms. The second-order valence-corrected chi connectivity index (χ2v) is 8.47. The molecule has 2 aromatic heterocycles. The number of hydrogen-bond donors (Lipinski definition) is 1. The minimum Gasteiger partial charge on any atom is -0.355 e. The highest BCUT2D eigenvalue weighted by atomic mass is 19.1. The summed E-state index contributed by atoms with van der Waals surface area (Å²) < 4.78 is 27.9. The van der Waals surface area contributed by atoms with Crippen LogP contribution in [-0.2, 0) is 9.59 Å². The van der Waals surface area contributed by atoms with Crippen molar-refractivity contribution in [2.45, 2.75) is 37.6 Å². The van der Waals surface area contributed by atoms with Crippen molar-refractivity contribution in [3.05, 3.63) is 47.5 Å². The van der Waals surface area contributed by atoms with Gasteiger partial charge in [0.1, 0.15) is 5.82 Å². The highest BCUT2D eigenvalue weighted by Crippen LogP contribution is 2.32. The molecule has 9 nitrogen and oxygen atoms in total. The molecule has 2 saturated heterocycles. The van der Waals surface area contributed by atoms with Gasteiger partial charge in [0.2, 0.25) is 17.8 Å². The highest BCUT2D eigenvalue weighted by molar-refractivity contribution is 5.85. The maximum absolute atomic E-state index is 14.3. The van der Waals surface area contributed by atoms with E-state index in [9.17, 15) is 18.4 Å². The lowest BCUT2D eigenvalue weighted by atomic mass is 9.94. The highest BCUT2D eigenvalue weighted by Gasteiger charge is 2.36. The van der Waals surface area contributed by atoms with Gasteiger partial charge in [-0.2, -0.15) is 5.10 Å². The van der Waals surface area contributed by atoms with Gasteiger partial charge in [-0.15, -0.1) is 0 Å². The predicted octanol–water partition coefficient (Wildman–Crippen LogP) is 1.93. The predicted molar refractivity (Wildman–Crippen MR) is 114 cm³/mol. The molecule has 2 atom stereocenters. The van der Waals surface area contributed by atoms with Crippen molar-refractivity contribution >= 4 is 24.0 Å². The summed E-state index contributed by atoms with van der Waals surface area (Å²) in [7, 11) is 0. The van der Waals surface area contributed by atoms with E-state index in [1.54, 1.807) is 12.4 Å². The first-order valence-electron chi connectivity index (χ1n) is 11.0. The zero-order valence-corrected chi connectivity index (χ0v) is 17.8. The van der Waals surface area contributed by atoms with Gasteiger partial charge in [0.15, 0.2) is 5.82 Å². The van der Waals surface area contributed by atoms with Crippen molar-refractivity contribution in [1.29, 1.82) is 0 Å². The van der Waals surface area contributed by atoms with E-state index in [4.69, 9.17) is 0 Å². The second-order valence-electron chi connectivity index (χ2n) is 8.47. The molecule has 0 aliphatic carbocycles. The third-order valence-corrected chi connectivity index (χ3v) is 6.43. The van der Waals surface area contributed by atoms with Gasteiger partial charge < -0.3 is 10.2 Å². The van der Waals surface area contributed by atoms with Crippen molar-refractivity contribution in [1.82, 2.24) is 25.3 Å². The lowest BCUT2D eigenvalue weighted by Gasteiger charge is -2.34. The molecule has 0 saturated carbocycles. The summed E-state index contributed by atoms with van der Waals surface area (Å²) in [5, 5.41) is 8.37. The van der Waals surface area contributed by atoms with Crippen LogP contribution in [0, 0.1) is 17.6 Å². The van der Waals surface area contributed by atoms with E-state index < -0.39 is 17.6 Å². The van der Waals surface area contributed by atoms with Crippen LogP contribution in [0.3, 0.4) is 0 Å². The van der Waals surface area contributed by atoms with Crippen LogP contribution in [0.25, 0.3) is 0 Å². The molecule has 2 amide bonds. The number of hydrazone groups is 1. The molecule has 1 N–H and O–H groups in total. The summed E-state index contributed by atoms with van der Waals surface area (Å²) in [5.41, 5.74) is 0.729. The Bertz CT molecular complexity index is 1100. The number of halogens is 2. The van der Waals surface area contributed by atoms with Gasteiger partial charge >= 0.3 is 0 Å². The van der Waals surface area contributed by atoms with Crippen molar-refractivity contribution in [3.8, 4) is 0 Å². The molecule has 5 heterocycles. The Kier molecular flexibility index (Phi) is 5.69. The average molecular weight is 455 g/mol. The molecule has 5 rings (SSSR count). The number of nitrogens with zero attached hydrogens (tertiary/aromatic N) is 6. The molecule has 2 fully saturated rings. The SMILES string of the molecule is O=C1NCC[C@@H]1c1nc(N2CCC(C(=O)N3N=CC[C@H]3c3cncc(F)c3)CC2)ncc1F. The van der Waals surface area contributed by atoms with Crippen LogP contribution in [0.1, 0.15) is 48.9 Å². The van der Waals surface area contributed by atoms with E-state index >= 15 is 0 Å². The van der Waals surface area contributed by atoms with E-state index in [1.807, 2.05) is 4.90 Å². The number of carbonyl (C=O) groups excluding carboxylic acids is 2. The standard InChI is InChI=1S/C22H23F2N7O2/c23-15-9-14(10-25-11-15)18-2-6-28-31(18)21(33)13-3-7-30(8-4-13)22-27-12-17(24)19(29-22)16-1-5-26-20(16)32/h6,9-13,16,18H,1-5,7-8H2,(H,26,32)/t16-,18+/m1/s1. The number of piperidine rings is 1. The van der Waals surface area contributed by atoms with Gasteiger partial charge in [-0.1, -0.05) is 0 Å². The molecular formula is C22H23F2N7O2. The van der Waals surface area contributed by atoms with E-state index in [2.05, 4.69) is 25.4 Å². The number of nitrogens with one attached hydrogen (secondary N) is 1. The number of hydrogen-bond acceptors (Lipinski definition) is 7. The van der Waals surface area contributed by atoms with E-state index in [-0.39, 0.29) is 29.5 Å². The Morgan fingerprint density at radius 3 is 2.67 bits per heavy atom. The molecule has 3 aliphatic rings. The van der Waals surface area contributed by atoms with Crippen LogP contribution in [0.4, 0.5) is 14.7 Å². The Morgan fingerprint density at radius 2 is 1.94 bits per heavy atom. The summed E-state index contributed by atoms with van der Waals surface area (Å²) in [6, 6.07) is 1.02. The average Bonchev–Trinajstić information content (AvgIpc) is 3.48. The van der Waals surface area contributed by atoms with Crippen LogP contribution in [0.2, 0.25) is 0 Å². The number of amides is 2. The molecule has 2 aromatic rings. The first-order chi connectivity index (χ1) is 16.0. The van der Waals surface area contributed by atoms with Crippen LogP contribution in [0.5, 0.6) is 0 Å². The normalized spacial score (nSPS) is 23.3. The van der Waals surface area contributed by atoms with Crippen molar-refractivity contribution in [3.63, 3.8) is 0 Å². The van der Waals surface area contributed by atoms with Gasteiger partial charge in [-0.3, -0.25) is 14.6 Å². The maximum atomic E-state index is 14.3. The van der Waals surface area contributed by atoms with Crippen molar-refractivity contribution in [2.24, 2.45) is 11.0 Å². The zero-order valence-electron chi connectivity index (χ0n) is 17.8. The van der Waals surface area contributed by atoms with Gasteiger partial charge in [0, 0.05) is 44.4 Å². The largest absolute Gasteiger partial charge is 0.355 e. The summed E-state index contributed by atoms with van der Waals surface area (Å²) in [5.74, 6) is -1.86. The third-order valence-electron chi connectivity index (χ3n) is 6.43. The summed E-state index contributed by atoms with van der Waals surface area (Å²) in [6.45, 7) is 1.53. The van der Waals surface area contributed by atoms with E-state index in [0.717, 1.165) is 12.4 Å². The Morgan fingerprint density at radius 1 is 1.12 bits per heavy atom. The molecule has 0 bridgehead atoms. The molecule has 0 aromatic carbocycles. The minimum atomic E-state index is -0.604. The fraction of sp³-hybridized carbons (Fsp3) is 0.455. The number of anilines is 1. The smallest absolute Gasteiger partial charge is 0.246 e. The first kappa shape index (κ1) is 21.4. The number of aromatic nitrogens is 3. The fourth-order valence-corrected chi connectivity index (χ4v) is 4.65. The topological polar surface area (TPSA) is 104 Å². The number of pyridine rings is 1. The summed E-state index contributed by atoms with van der Waals surface area (Å²) in [4.78, 5) is 39.4. The molecule has 0 radical (unpaired) electrons. The van der Waals surface area contributed by atoms with Crippen LogP contribution < -0.4 is 10.2 Å². The Hall–Kier alpha value is -3.50. The lowest BCUT2D eigenvalue weighted by Crippen LogP contribution is -2.41. The van der Waals surface area contributed by atoms with Crippen LogP contribution in [-0.4, -0.2) is 57.6 Å². The minimum absolute atomic E-state index is 0.110. The lowest BCUT2D eigenvalue weighted by molar-refractivity contribution is -0.138. The number of rotatable bonds is 4. The molecule has 172 valence electrons. The molecule has 0 spiro atoms. The molecule has 3 aliphatic heterocycles. The quantitative estimate of drug-likeness (QED) is 0.756. The Balaban J connectivity index is 1.25. The van der Waals surface area contributed by atoms with E-state index in [0.29, 0.717) is 56.8 Å². The van der Waals surface area contributed by atoms with Crippen LogP contribution in [0.15, 0.2) is 29.8 Å². The molecular weight excluding hydrogens is 432 g/mol. The maximum Gasteiger partial charge on any atom is 0.246 e. The second kappa shape index (κ2) is 8.80. The van der Waals surface area contributed by atoms with Gasteiger partial charge in [-0.25, -0.2) is 23.8 Å². The zero-order chi connectivity index (χ0) is 22.9. The number of carbonyl (C=O) groups is 2. The van der Waals surface area contributed by atoms with Crippen molar-refractivity contribution < 1.29 is 18.4 Å². The van der Waals surface area contributed by atoms with Gasteiger partial charge in [0.25, 0.3) is 0 Å². The van der Waals surface area contributed by atoms with E-state index in [1.165, 1.54) is 11.1 Å². The first-order valence-corrected chi connectivity index (χ1v) is 11.0. The van der Waals surface area contributed by atoms with Gasteiger partial charge in [0.05, 0.1) is 30.0 Å². The fourth-order valence-electron chi connectivity index (χ4n) is 4.65. The van der Waals surface area contributed by atoms with Crippen molar-refractivity contribution in [2.75, 3.05) is 24.5 Å². The summed E-state index contributed by atoms with van der Waals surface area (Å²) >= 11 is 0. The third kappa shape index (κ3) is 4.14. The Labute approximate surface area is 188 Å². The van der Waals surface area contributed by atoms with Gasteiger partial charge in [-0.05, 0) is 30.9 Å². The monoisotopic (exact) mass is 455 g/mol.